The summed E-state index contributed by atoms with van der Waals surface area (Å²) in [4.78, 5) is 25.8. The summed E-state index contributed by atoms with van der Waals surface area (Å²) in [6, 6.07) is 14.5. The Hall–Kier alpha value is -3.55. The van der Waals surface area contributed by atoms with Gasteiger partial charge in [-0.25, -0.2) is 9.48 Å². The molecule has 0 spiro atoms. The van der Waals surface area contributed by atoms with Crippen molar-refractivity contribution in [3.05, 3.63) is 77.1 Å². The van der Waals surface area contributed by atoms with Crippen molar-refractivity contribution >= 4 is 11.9 Å². The largest absolute Gasteiger partial charge is 0.478 e. The fourth-order valence-corrected chi connectivity index (χ4v) is 3.72. The number of benzene rings is 2. The van der Waals surface area contributed by atoms with Gasteiger partial charge < -0.3 is 10.0 Å². The highest BCUT2D eigenvalue weighted by Crippen LogP contribution is 2.23. The van der Waals surface area contributed by atoms with Gasteiger partial charge in [0.1, 0.15) is 6.33 Å². The van der Waals surface area contributed by atoms with E-state index in [0.29, 0.717) is 36.7 Å². The highest BCUT2D eigenvalue weighted by Gasteiger charge is 2.27. The highest BCUT2D eigenvalue weighted by molar-refractivity contribution is 5.94. The molecule has 0 unspecified atom stereocenters. The molecule has 0 radical (unpaired) electrons. The van der Waals surface area contributed by atoms with Gasteiger partial charge in [0.25, 0.3) is 5.91 Å². The average molecular weight is 391 g/mol. The standard InChI is InChI=1S/C21H21N5O3/c27-20(18-6-4-15(5-7-18)13-26-14-22-23-24-26)25-9-8-17(12-25)10-16-2-1-3-19(11-16)21(28)29/h1-7,11,14,17H,8-10,12-13H2,(H,28,29)/t17-/m1/s1. The zero-order valence-corrected chi connectivity index (χ0v) is 15.8. The van der Waals surface area contributed by atoms with Crippen molar-refractivity contribution in [2.24, 2.45) is 5.92 Å². The van der Waals surface area contributed by atoms with Crippen LogP contribution in [0.3, 0.4) is 0 Å². The second-order valence-electron chi connectivity index (χ2n) is 7.32. The van der Waals surface area contributed by atoms with Crippen molar-refractivity contribution in [1.82, 2.24) is 25.1 Å². The number of aromatic carboxylic acids is 1. The first kappa shape index (κ1) is 18.8. The molecular formula is C21H21N5O3. The zero-order valence-electron chi connectivity index (χ0n) is 15.8. The quantitative estimate of drug-likeness (QED) is 0.691. The third kappa shape index (κ3) is 4.48. The molecule has 1 aromatic heterocycles. The fourth-order valence-electron chi connectivity index (χ4n) is 3.72. The second-order valence-corrected chi connectivity index (χ2v) is 7.32. The molecule has 29 heavy (non-hydrogen) atoms. The van der Waals surface area contributed by atoms with E-state index in [2.05, 4.69) is 15.5 Å². The smallest absolute Gasteiger partial charge is 0.335 e. The summed E-state index contributed by atoms with van der Waals surface area (Å²) < 4.78 is 1.63. The van der Waals surface area contributed by atoms with Gasteiger partial charge in [-0.15, -0.1) is 5.10 Å². The first-order valence-corrected chi connectivity index (χ1v) is 9.50. The van der Waals surface area contributed by atoms with E-state index in [1.54, 1.807) is 29.2 Å². The Balaban J connectivity index is 1.35. The minimum Gasteiger partial charge on any atom is -0.478 e. The monoisotopic (exact) mass is 391 g/mol. The summed E-state index contributed by atoms with van der Waals surface area (Å²) in [6.45, 7) is 1.96. The lowest BCUT2D eigenvalue weighted by Gasteiger charge is -2.17. The van der Waals surface area contributed by atoms with E-state index in [4.69, 9.17) is 5.11 Å². The number of carbonyl (C=O) groups is 2. The van der Waals surface area contributed by atoms with E-state index >= 15 is 0 Å². The van der Waals surface area contributed by atoms with Gasteiger partial charge in [-0.1, -0.05) is 24.3 Å². The molecular weight excluding hydrogens is 370 g/mol. The number of carboxylic acid groups (broad SMARTS) is 1. The van der Waals surface area contributed by atoms with Crippen LogP contribution < -0.4 is 0 Å². The number of hydrogen-bond acceptors (Lipinski definition) is 5. The van der Waals surface area contributed by atoms with Gasteiger partial charge in [0, 0.05) is 18.7 Å². The molecule has 2 aromatic carbocycles. The first-order chi connectivity index (χ1) is 14.1. The third-order valence-electron chi connectivity index (χ3n) is 5.21. The number of carbonyl (C=O) groups excluding carboxylic acids is 1. The normalized spacial score (nSPS) is 16.1. The van der Waals surface area contributed by atoms with Gasteiger partial charge in [0.2, 0.25) is 0 Å². The molecule has 8 nitrogen and oxygen atoms in total. The van der Waals surface area contributed by atoms with Crippen LogP contribution in [0, 0.1) is 5.92 Å². The predicted octanol–water partition coefficient (Wildman–Crippen LogP) is 2.12. The number of nitrogens with zero attached hydrogens (tertiary/aromatic N) is 5. The van der Waals surface area contributed by atoms with Gasteiger partial charge >= 0.3 is 5.97 Å². The van der Waals surface area contributed by atoms with Crippen LogP contribution in [0.25, 0.3) is 0 Å². The number of aromatic nitrogens is 4. The Morgan fingerprint density at radius 2 is 1.90 bits per heavy atom. The minimum absolute atomic E-state index is 0.0285. The SMILES string of the molecule is O=C(O)c1cccc(C[C@H]2CCN(C(=O)c3ccc(Cn4cnnn4)cc3)C2)c1. The van der Waals surface area contributed by atoms with Crippen molar-refractivity contribution in [3.8, 4) is 0 Å². The van der Waals surface area contributed by atoms with Gasteiger partial charge in [0.15, 0.2) is 0 Å². The van der Waals surface area contributed by atoms with Crippen LogP contribution in [0.5, 0.6) is 0 Å². The minimum atomic E-state index is -0.918. The lowest BCUT2D eigenvalue weighted by molar-refractivity contribution is 0.0696. The summed E-state index contributed by atoms with van der Waals surface area (Å²) >= 11 is 0. The highest BCUT2D eigenvalue weighted by atomic mass is 16.4. The molecule has 1 saturated heterocycles. The Morgan fingerprint density at radius 1 is 1.07 bits per heavy atom. The molecule has 1 atom stereocenters. The van der Waals surface area contributed by atoms with E-state index in [9.17, 15) is 9.59 Å². The summed E-state index contributed by atoms with van der Waals surface area (Å²) in [6.07, 6.45) is 3.24. The molecule has 148 valence electrons. The van der Waals surface area contributed by atoms with E-state index in [1.165, 1.54) is 0 Å². The number of carboxylic acids is 1. The predicted molar refractivity (Wildman–Crippen MR) is 104 cm³/mol. The number of amides is 1. The van der Waals surface area contributed by atoms with E-state index in [-0.39, 0.29) is 5.91 Å². The molecule has 1 amide bonds. The molecule has 1 aliphatic rings. The van der Waals surface area contributed by atoms with Crippen molar-refractivity contribution in [2.75, 3.05) is 13.1 Å². The van der Waals surface area contributed by atoms with Gasteiger partial charge in [-0.05, 0) is 64.6 Å². The number of tetrazole rings is 1. The maximum absolute atomic E-state index is 12.8. The summed E-state index contributed by atoms with van der Waals surface area (Å²) in [7, 11) is 0. The Labute approximate surface area is 167 Å². The maximum Gasteiger partial charge on any atom is 0.335 e. The van der Waals surface area contributed by atoms with Gasteiger partial charge in [0.05, 0.1) is 12.1 Å². The number of hydrogen-bond donors (Lipinski definition) is 1. The van der Waals surface area contributed by atoms with Crippen molar-refractivity contribution < 1.29 is 14.7 Å². The van der Waals surface area contributed by atoms with Crippen LogP contribution in [-0.4, -0.2) is 55.2 Å². The lowest BCUT2D eigenvalue weighted by atomic mass is 9.97. The molecule has 1 aliphatic heterocycles. The lowest BCUT2D eigenvalue weighted by Crippen LogP contribution is -2.29. The van der Waals surface area contributed by atoms with Crippen LogP contribution in [0.2, 0.25) is 0 Å². The molecule has 8 heteroatoms. The van der Waals surface area contributed by atoms with Gasteiger partial charge in [-0.3, -0.25) is 4.79 Å². The van der Waals surface area contributed by atoms with Crippen molar-refractivity contribution in [3.63, 3.8) is 0 Å². The summed E-state index contributed by atoms with van der Waals surface area (Å²) in [5, 5.41) is 20.2. The topological polar surface area (TPSA) is 101 Å². The number of likely N-dealkylation sites (tertiary alicyclic amines) is 1. The van der Waals surface area contributed by atoms with Crippen LogP contribution in [0.4, 0.5) is 0 Å². The van der Waals surface area contributed by atoms with Crippen LogP contribution in [0.15, 0.2) is 54.9 Å². The molecule has 4 rings (SSSR count). The molecule has 0 aliphatic carbocycles. The Bertz CT molecular complexity index is 1000. The summed E-state index contributed by atoms with van der Waals surface area (Å²) in [5.41, 5.74) is 2.98. The number of rotatable bonds is 6. The molecule has 1 N–H and O–H groups in total. The molecule has 1 fully saturated rings. The average Bonchev–Trinajstić information content (AvgIpc) is 3.40. The summed E-state index contributed by atoms with van der Waals surface area (Å²) in [5.74, 6) is -0.554. The molecule has 0 saturated carbocycles. The third-order valence-corrected chi connectivity index (χ3v) is 5.21. The molecule has 0 bridgehead atoms. The zero-order chi connectivity index (χ0) is 20.2. The van der Waals surface area contributed by atoms with E-state index in [0.717, 1.165) is 24.0 Å². The van der Waals surface area contributed by atoms with E-state index < -0.39 is 5.97 Å². The van der Waals surface area contributed by atoms with Crippen LogP contribution in [0.1, 0.15) is 38.3 Å². The molecule has 3 aromatic rings. The van der Waals surface area contributed by atoms with Crippen molar-refractivity contribution in [1.29, 1.82) is 0 Å². The van der Waals surface area contributed by atoms with Crippen molar-refractivity contribution in [2.45, 2.75) is 19.4 Å². The second kappa shape index (κ2) is 8.22. The maximum atomic E-state index is 12.8. The first-order valence-electron chi connectivity index (χ1n) is 9.50. The Kier molecular flexibility index (Phi) is 5.33. The van der Waals surface area contributed by atoms with Crippen LogP contribution >= 0.6 is 0 Å². The Morgan fingerprint density at radius 3 is 2.62 bits per heavy atom. The van der Waals surface area contributed by atoms with Crippen LogP contribution in [-0.2, 0) is 13.0 Å². The van der Waals surface area contributed by atoms with Gasteiger partial charge in [-0.2, -0.15) is 0 Å². The fraction of sp³-hybridized carbons (Fsp3) is 0.286. The molecule has 2 heterocycles. The van der Waals surface area contributed by atoms with E-state index in [1.807, 2.05) is 35.2 Å².